The predicted molar refractivity (Wildman–Crippen MR) is 115 cm³/mol. The molecule has 2 aromatic rings. The highest BCUT2D eigenvalue weighted by Crippen LogP contribution is 2.19. The van der Waals surface area contributed by atoms with Crippen molar-refractivity contribution in [2.45, 2.75) is 84.0 Å². The molecule has 1 heterocycles. The first-order valence-electron chi connectivity index (χ1n) is 11.0. The normalized spacial score (nSPS) is 13.2. The molecule has 0 amide bonds. The fourth-order valence-corrected chi connectivity index (χ4v) is 3.21. The number of ether oxygens (including phenoxy) is 1. The smallest absolute Gasteiger partial charge is 0.165 e. The number of hydrogen-bond donors (Lipinski definition) is 0. The topological polar surface area (TPSA) is 35.0 Å². The van der Waals surface area contributed by atoms with Crippen LogP contribution in [0, 0.1) is 0 Å². The lowest BCUT2D eigenvalue weighted by Crippen LogP contribution is -2.24. The van der Waals surface area contributed by atoms with E-state index in [1.165, 1.54) is 56.5 Å². The van der Waals surface area contributed by atoms with E-state index in [2.05, 4.69) is 29.0 Å². The van der Waals surface area contributed by atoms with Crippen molar-refractivity contribution in [3.63, 3.8) is 0 Å². The Balaban J connectivity index is 1.79. The van der Waals surface area contributed by atoms with Crippen LogP contribution in [0.25, 0.3) is 11.4 Å². The van der Waals surface area contributed by atoms with Gasteiger partial charge in [0.1, 0.15) is 12.8 Å². The van der Waals surface area contributed by atoms with Crippen molar-refractivity contribution in [1.29, 1.82) is 0 Å². The van der Waals surface area contributed by atoms with Crippen LogP contribution in [0.15, 0.2) is 36.7 Å². The van der Waals surface area contributed by atoms with Crippen LogP contribution in [0.2, 0.25) is 0 Å². The molecule has 160 valence electrons. The number of hydrogen-bond acceptors (Lipinski definition) is 3. The number of aryl methyl sites for hydroxylation is 1. The highest BCUT2D eigenvalue weighted by Gasteiger charge is 2.20. The van der Waals surface area contributed by atoms with E-state index in [4.69, 9.17) is 4.74 Å². The van der Waals surface area contributed by atoms with Gasteiger partial charge in [0.05, 0.1) is 12.4 Å². The van der Waals surface area contributed by atoms with Gasteiger partial charge in [0.2, 0.25) is 0 Å². The molecule has 0 fully saturated rings. The number of nitrogens with zero attached hydrogens (tertiary/aromatic N) is 2. The Hall–Kier alpha value is -2.04. The van der Waals surface area contributed by atoms with Gasteiger partial charge in [-0.05, 0) is 24.8 Å². The van der Waals surface area contributed by atoms with Gasteiger partial charge in [0, 0.05) is 5.56 Å². The molecule has 0 saturated heterocycles. The van der Waals surface area contributed by atoms with Gasteiger partial charge in [-0.3, -0.25) is 0 Å². The van der Waals surface area contributed by atoms with Gasteiger partial charge < -0.3 is 4.74 Å². The van der Waals surface area contributed by atoms with Crippen molar-refractivity contribution in [3.8, 4) is 17.1 Å². The van der Waals surface area contributed by atoms with E-state index in [1.807, 2.05) is 19.1 Å². The van der Waals surface area contributed by atoms with Crippen molar-refractivity contribution < 1.29 is 13.5 Å². The van der Waals surface area contributed by atoms with Crippen molar-refractivity contribution in [2.75, 3.05) is 6.61 Å². The fourth-order valence-electron chi connectivity index (χ4n) is 3.21. The molecule has 0 aliphatic carbocycles. The first-order chi connectivity index (χ1) is 14.1. The van der Waals surface area contributed by atoms with E-state index < -0.39 is 12.3 Å². The minimum absolute atomic E-state index is 0.203. The van der Waals surface area contributed by atoms with Crippen molar-refractivity contribution >= 4 is 0 Å². The fraction of sp³-hybridized carbons (Fsp3) is 0.583. The number of halogens is 2. The number of aromatic nitrogens is 2. The van der Waals surface area contributed by atoms with E-state index >= 15 is 0 Å². The van der Waals surface area contributed by atoms with Gasteiger partial charge >= 0.3 is 0 Å². The van der Waals surface area contributed by atoms with Crippen molar-refractivity contribution in [2.24, 2.45) is 0 Å². The SMILES string of the molecule is CCCCCCCCc1ccc(-c2ncc(OCC(F)C(F)CCC)cn2)cc1. The predicted octanol–water partition coefficient (Wildman–Crippen LogP) is 6.90. The van der Waals surface area contributed by atoms with Crippen LogP contribution < -0.4 is 4.74 Å². The molecule has 0 aliphatic heterocycles. The number of rotatable bonds is 14. The second kappa shape index (κ2) is 13.2. The van der Waals surface area contributed by atoms with Gasteiger partial charge in [-0.15, -0.1) is 0 Å². The molecule has 5 heteroatoms. The largest absolute Gasteiger partial charge is 0.487 e. The van der Waals surface area contributed by atoms with E-state index in [0.717, 1.165) is 12.0 Å². The Kier molecular flexibility index (Phi) is 10.6. The van der Waals surface area contributed by atoms with Crippen LogP contribution in [-0.4, -0.2) is 28.9 Å². The first kappa shape index (κ1) is 23.2. The van der Waals surface area contributed by atoms with E-state index in [1.54, 1.807) is 0 Å². The Morgan fingerprint density at radius 2 is 1.48 bits per heavy atom. The molecular formula is C24H34F2N2O. The Morgan fingerprint density at radius 3 is 2.14 bits per heavy atom. The highest BCUT2D eigenvalue weighted by atomic mass is 19.2. The minimum atomic E-state index is -1.63. The third kappa shape index (κ3) is 8.46. The summed E-state index contributed by atoms with van der Waals surface area (Å²) in [5.41, 5.74) is 2.25. The minimum Gasteiger partial charge on any atom is -0.487 e. The average Bonchev–Trinajstić information content (AvgIpc) is 2.75. The van der Waals surface area contributed by atoms with Crippen LogP contribution in [0.1, 0.15) is 70.8 Å². The average molecular weight is 405 g/mol. The van der Waals surface area contributed by atoms with E-state index in [-0.39, 0.29) is 13.0 Å². The molecule has 2 atom stereocenters. The van der Waals surface area contributed by atoms with Crippen LogP contribution >= 0.6 is 0 Å². The Labute approximate surface area is 173 Å². The summed E-state index contributed by atoms with van der Waals surface area (Å²) in [4.78, 5) is 8.58. The molecule has 2 rings (SSSR count). The van der Waals surface area contributed by atoms with Crippen LogP contribution in [0.3, 0.4) is 0 Å². The highest BCUT2D eigenvalue weighted by molar-refractivity contribution is 5.55. The quantitative estimate of drug-likeness (QED) is 0.321. The maximum Gasteiger partial charge on any atom is 0.165 e. The third-order valence-electron chi connectivity index (χ3n) is 5.03. The van der Waals surface area contributed by atoms with Crippen LogP contribution in [0.4, 0.5) is 8.78 Å². The maximum absolute atomic E-state index is 13.7. The summed E-state index contributed by atoms with van der Waals surface area (Å²) in [6.07, 6.45) is 9.58. The molecule has 0 aliphatic rings. The van der Waals surface area contributed by atoms with Gasteiger partial charge in [0.25, 0.3) is 0 Å². The molecule has 0 radical (unpaired) electrons. The molecule has 0 spiro atoms. The molecule has 1 aromatic heterocycles. The molecule has 0 bridgehead atoms. The number of benzene rings is 1. The number of alkyl halides is 2. The van der Waals surface area contributed by atoms with Crippen molar-refractivity contribution in [1.82, 2.24) is 9.97 Å². The lowest BCUT2D eigenvalue weighted by Gasteiger charge is -2.13. The molecule has 0 N–H and O–H groups in total. The number of unbranched alkanes of at least 4 members (excludes halogenated alkanes) is 5. The zero-order valence-electron chi connectivity index (χ0n) is 17.7. The summed E-state index contributed by atoms with van der Waals surface area (Å²) in [6, 6.07) is 8.30. The van der Waals surface area contributed by atoms with E-state index in [9.17, 15) is 8.78 Å². The molecule has 0 saturated carbocycles. The summed E-state index contributed by atoms with van der Waals surface area (Å²) in [7, 11) is 0. The van der Waals surface area contributed by atoms with Gasteiger partial charge in [-0.1, -0.05) is 76.6 Å². The van der Waals surface area contributed by atoms with Gasteiger partial charge in [-0.25, -0.2) is 18.7 Å². The first-order valence-corrected chi connectivity index (χ1v) is 11.0. The molecular weight excluding hydrogens is 370 g/mol. The maximum atomic E-state index is 13.7. The molecule has 1 aromatic carbocycles. The van der Waals surface area contributed by atoms with Crippen LogP contribution in [0.5, 0.6) is 5.75 Å². The standard InChI is InChI=1S/C24H34F2N2O/c1-3-5-6-7-8-9-11-19-12-14-20(15-13-19)24-27-16-21(17-28-24)29-18-23(26)22(25)10-4-2/h12-17,22-23H,3-11,18H2,1-2H3. The molecule has 3 nitrogen and oxygen atoms in total. The van der Waals surface area contributed by atoms with E-state index in [0.29, 0.717) is 18.0 Å². The lowest BCUT2D eigenvalue weighted by molar-refractivity contribution is 0.102. The second-order valence-corrected chi connectivity index (χ2v) is 7.59. The van der Waals surface area contributed by atoms with Crippen LogP contribution in [-0.2, 0) is 6.42 Å². The molecule has 2 unspecified atom stereocenters. The van der Waals surface area contributed by atoms with Crippen molar-refractivity contribution in [3.05, 3.63) is 42.2 Å². The van der Waals surface area contributed by atoms with Gasteiger partial charge in [-0.2, -0.15) is 0 Å². The van der Waals surface area contributed by atoms with Gasteiger partial charge in [0.15, 0.2) is 17.7 Å². The molecule has 29 heavy (non-hydrogen) atoms. The lowest BCUT2D eigenvalue weighted by atomic mass is 10.0. The summed E-state index contributed by atoms with van der Waals surface area (Å²) in [5.74, 6) is 0.939. The summed E-state index contributed by atoms with van der Waals surface area (Å²) >= 11 is 0. The summed E-state index contributed by atoms with van der Waals surface area (Å²) in [5, 5.41) is 0. The zero-order chi connectivity index (χ0) is 20.9. The Morgan fingerprint density at radius 1 is 0.828 bits per heavy atom. The Bertz CT molecular complexity index is 676. The second-order valence-electron chi connectivity index (χ2n) is 7.59. The third-order valence-corrected chi connectivity index (χ3v) is 5.03. The monoisotopic (exact) mass is 404 g/mol. The summed E-state index contributed by atoms with van der Waals surface area (Å²) < 4.78 is 32.4. The zero-order valence-corrected chi connectivity index (χ0v) is 17.7. The summed E-state index contributed by atoms with van der Waals surface area (Å²) in [6.45, 7) is 3.74.